The Kier molecular flexibility index (Phi) is 3.57. The molecule has 1 aliphatic carbocycles. The minimum Gasteiger partial charge on any atom is -0.298 e. The van der Waals surface area contributed by atoms with Crippen LogP contribution in [0, 0.1) is 5.92 Å². The number of hydrogen-bond acceptors (Lipinski definition) is 1. The molecule has 2 atom stereocenters. The molecule has 1 nitrogen and oxygen atoms in total. The van der Waals surface area contributed by atoms with E-state index in [1.165, 1.54) is 12.8 Å². The summed E-state index contributed by atoms with van der Waals surface area (Å²) in [4.78, 5) is 11.5. The summed E-state index contributed by atoms with van der Waals surface area (Å²) in [6, 6.07) is 0. The fraction of sp³-hybridized carbons (Fsp3) is 0.889. The first-order valence-electron chi connectivity index (χ1n) is 4.43. The van der Waals surface area contributed by atoms with Crippen LogP contribution in [0.25, 0.3) is 0 Å². The molecule has 0 saturated heterocycles. The Labute approximate surface area is 76.7 Å². The Bertz CT molecular complexity index is 144. The number of hydrogen-bond donors (Lipinski definition) is 0. The van der Waals surface area contributed by atoms with Gasteiger partial charge in [0.15, 0.2) is 0 Å². The maximum Gasteiger partial charge on any atom is 0.149 e. The lowest BCUT2D eigenvalue weighted by molar-refractivity contribution is -0.120. The van der Waals surface area contributed by atoms with E-state index in [0.29, 0.717) is 11.7 Å². The van der Waals surface area contributed by atoms with Gasteiger partial charge in [-0.2, -0.15) is 0 Å². The van der Waals surface area contributed by atoms with Crippen molar-refractivity contribution >= 4 is 21.7 Å². The second-order valence-corrected chi connectivity index (χ2v) is 4.39. The highest BCUT2D eigenvalue weighted by molar-refractivity contribution is 9.10. The monoisotopic (exact) mass is 218 g/mol. The third-order valence-electron chi connectivity index (χ3n) is 2.39. The van der Waals surface area contributed by atoms with Gasteiger partial charge in [-0.25, -0.2) is 0 Å². The number of alkyl halides is 1. The molecule has 0 amide bonds. The van der Waals surface area contributed by atoms with Crippen LogP contribution in [0.5, 0.6) is 0 Å². The summed E-state index contributed by atoms with van der Waals surface area (Å²) in [5.41, 5.74) is 0. The van der Waals surface area contributed by atoms with Crippen molar-refractivity contribution in [3.8, 4) is 0 Å². The third kappa shape index (κ3) is 2.29. The topological polar surface area (TPSA) is 17.1 Å². The lowest BCUT2D eigenvalue weighted by Crippen LogP contribution is -2.13. The molecule has 0 aromatic heterocycles. The summed E-state index contributed by atoms with van der Waals surface area (Å²) >= 11 is 3.39. The van der Waals surface area contributed by atoms with Crippen LogP contribution >= 0.6 is 15.9 Å². The van der Waals surface area contributed by atoms with Crippen LogP contribution in [0.15, 0.2) is 0 Å². The van der Waals surface area contributed by atoms with E-state index in [4.69, 9.17) is 0 Å². The van der Waals surface area contributed by atoms with Gasteiger partial charge in [0, 0.05) is 5.92 Å². The molecule has 1 saturated carbocycles. The van der Waals surface area contributed by atoms with Crippen LogP contribution in [0.2, 0.25) is 0 Å². The van der Waals surface area contributed by atoms with Gasteiger partial charge in [-0.15, -0.1) is 0 Å². The summed E-state index contributed by atoms with van der Waals surface area (Å²) in [6.45, 7) is 2.17. The summed E-state index contributed by atoms with van der Waals surface area (Å²) in [7, 11) is 0. The minimum atomic E-state index is 0.171. The van der Waals surface area contributed by atoms with Crippen molar-refractivity contribution in [3.05, 3.63) is 0 Å². The maximum atomic E-state index is 11.4. The van der Waals surface area contributed by atoms with Crippen molar-refractivity contribution in [3.63, 3.8) is 0 Å². The smallest absolute Gasteiger partial charge is 0.149 e. The summed E-state index contributed by atoms with van der Waals surface area (Å²) in [6.07, 6.45) is 5.67. The molecule has 2 heteroatoms. The molecule has 0 aromatic rings. The van der Waals surface area contributed by atoms with Gasteiger partial charge in [-0.05, 0) is 19.3 Å². The summed E-state index contributed by atoms with van der Waals surface area (Å²) < 4.78 is 0. The van der Waals surface area contributed by atoms with Crippen molar-refractivity contribution in [2.24, 2.45) is 5.92 Å². The lowest BCUT2D eigenvalue weighted by Gasteiger charge is -2.05. The molecule has 0 N–H and O–H groups in total. The normalized spacial score (nSPS) is 31.3. The van der Waals surface area contributed by atoms with Gasteiger partial charge < -0.3 is 0 Å². The van der Waals surface area contributed by atoms with Crippen molar-refractivity contribution in [1.82, 2.24) is 0 Å². The van der Waals surface area contributed by atoms with Gasteiger partial charge in [-0.1, -0.05) is 35.7 Å². The molecule has 0 heterocycles. The van der Waals surface area contributed by atoms with E-state index < -0.39 is 0 Å². The zero-order valence-corrected chi connectivity index (χ0v) is 8.56. The largest absolute Gasteiger partial charge is 0.298 e. The number of Topliss-reactive ketones (excluding diaryl/α,β-unsaturated/α-hetero) is 1. The first-order chi connectivity index (χ1) is 5.25. The number of carbonyl (C=O) groups excluding carboxylic acids is 1. The van der Waals surface area contributed by atoms with E-state index >= 15 is 0 Å². The number of halogens is 1. The third-order valence-corrected chi connectivity index (χ3v) is 3.29. The predicted octanol–water partition coefficient (Wildman–Crippen LogP) is 2.92. The van der Waals surface area contributed by atoms with Crippen molar-refractivity contribution in [2.45, 2.75) is 43.9 Å². The Balaban J connectivity index is 2.30. The van der Waals surface area contributed by atoms with E-state index in [-0.39, 0.29) is 4.83 Å². The predicted molar refractivity (Wildman–Crippen MR) is 50.0 cm³/mol. The second kappa shape index (κ2) is 4.24. The molecule has 1 fully saturated rings. The molecule has 11 heavy (non-hydrogen) atoms. The zero-order chi connectivity index (χ0) is 8.27. The fourth-order valence-corrected chi connectivity index (χ4v) is 2.26. The van der Waals surface area contributed by atoms with Gasteiger partial charge in [0.1, 0.15) is 5.78 Å². The lowest BCUT2D eigenvalue weighted by atomic mass is 10.0. The molecule has 0 aromatic carbocycles. The Morgan fingerprint density at radius 2 is 2.27 bits per heavy atom. The number of unbranched alkanes of at least 4 members (excludes halogenated alkanes) is 1. The van der Waals surface area contributed by atoms with Gasteiger partial charge in [-0.3, -0.25) is 4.79 Å². The van der Waals surface area contributed by atoms with Crippen molar-refractivity contribution in [1.29, 1.82) is 0 Å². The Morgan fingerprint density at radius 1 is 1.55 bits per heavy atom. The van der Waals surface area contributed by atoms with Gasteiger partial charge >= 0.3 is 0 Å². The molecule has 0 bridgehead atoms. The molecule has 0 spiro atoms. The van der Waals surface area contributed by atoms with Gasteiger partial charge in [0.2, 0.25) is 0 Å². The van der Waals surface area contributed by atoms with Crippen LogP contribution in [0.4, 0.5) is 0 Å². The minimum absolute atomic E-state index is 0.171. The number of rotatable bonds is 3. The van der Waals surface area contributed by atoms with Gasteiger partial charge in [0.05, 0.1) is 4.83 Å². The van der Waals surface area contributed by atoms with Crippen LogP contribution in [-0.4, -0.2) is 10.6 Å². The van der Waals surface area contributed by atoms with Crippen molar-refractivity contribution < 1.29 is 4.79 Å². The van der Waals surface area contributed by atoms with E-state index in [1.54, 1.807) is 0 Å². The molecule has 0 radical (unpaired) electrons. The van der Waals surface area contributed by atoms with Crippen LogP contribution < -0.4 is 0 Å². The summed E-state index contributed by atoms with van der Waals surface area (Å²) in [5, 5.41) is 0. The second-order valence-electron chi connectivity index (χ2n) is 3.29. The first kappa shape index (κ1) is 9.24. The number of ketones is 1. The van der Waals surface area contributed by atoms with Crippen LogP contribution in [0.1, 0.15) is 39.0 Å². The van der Waals surface area contributed by atoms with E-state index in [9.17, 15) is 4.79 Å². The summed E-state index contributed by atoms with van der Waals surface area (Å²) in [5.74, 6) is 0.817. The highest BCUT2D eigenvalue weighted by Crippen LogP contribution is 2.30. The molecule has 0 aliphatic heterocycles. The SMILES string of the molecule is CCCCC1CCC(Br)C1=O. The van der Waals surface area contributed by atoms with E-state index in [2.05, 4.69) is 22.9 Å². The quantitative estimate of drug-likeness (QED) is 0.667. The maximum absolute atomic E-state index is 11.4. The average molecular weight is 219 g/mol. The molecule has 1 rings (SSSR count). The Morgan fingerprint density at radius 3 is 2.73 bits per heavy atom. The number of carbonyl (C=O) groups is 1. The molecule has 1 aliphatic rings. The molecule has 64 valence electrons. The highest BCUT2D eigenvalue weighted by atomic mass is 79.9. The van der Waals surface area contributed by atoms with Crippen LogP contribution in [0.3, 0.4) is 0 Å². The van der Waals surface area contributed by atoms with Crippen molar-refractivity contribution in [2.75, 3.05) is 0 Å². The van der Waals surface area contributed by atoms with E-state index in [0.717, 1.165) is 19.3 Å². The van der Waals surface area contributed by atoms with E-state index in [1.807, 2.05) is 0 Å². The van der Waals surface area contributed by atoms with Crippen LogP contribution in [-0.2, 0) is 4.79 Å². The highest BCUT2D eigenvalue weighted by Gasteiger charge is 2.31. The molecular weight excluding hydrogens is 204 g/mol. The molecular formula is C9H15BrO. The zero-order valence-electron chi connectivity index (χ0n) is 6.98. The Hall–Kier alpha value is 0.150. The molecule has 2 unspecified atom stereocenters. The van der Waals surface area contributed by atoms with Gasteiger partial charge in [0.25, 0.3) is 0 Å². The standard InChI is InChI=1S/C9H15BrO/c1-2-3-4-7-5-6-8(10)9(7)11/h7-8H,2-6H2,1H3. The average Bonchev–Trinajstić information content (AvgIpc) is 2.31. The first-order valence-corrected chi connectivity index (χ1v) is 5.35. The fourth-order valence-electron chi connectivity index (χ4n) is 1.62.